The van der Waals surface area contributed by atoms with E-state index in [9.17, 15) is 9.59 Å². The molecule has 5 nitrogen and oxygen atoms in total. The summed E-state index contributed by atoms with van der Waals surface area (Å²) in [5, 5.41) is 1.46. The van der Waals surface area contributed by atoms with Crippen molar-refractivity contribution in [2.75, 3.05) is 6.61 Å². The highest BCUT2D eigenvalue weighted by atomic mass is 79.9. The van der Waals surface area contributed by atoms with Gasteiger partial charge in [-0.25, -0.2) is 0 Å². The van der Waals surface area contributed by atoms with Crippen LogP contribution in [0.3, 0.4) is 0 Å². The molecular weight excluding hydrogens is 595 g/mol. The minimum Gasteiger partial charge on any atom is -0.491 e. The zero-order chi connectivity index (χ0) is 26.1. The van der Waals surface area contributed by atoms with Gasteiger partial charge < -0.3 is 9.30 Å². The number of imide groups is 1. The number of thioether (sulfide) groups is 1. The number of carbonyl (C=O) groups is 2. The lowest BCUT2D eigenvalue weighted by molar-refractivity contribution is -0.123. The second kappa shape index (κ2) is 11.0. The molecule has 2 heterocycles. The molecule has 3 aromatic carbocycles. The maximum Gasteiger partial charge on any atom is 0.293 e. The second-order valence-corrected chi connectivity index (χ2v) is 11.3. The zero-order valence-corrected chi connectivity index (χ0v) is 23.6. The molecule has 5 rings (SSSR count). The van der Waals surface area contributed by atoms with Gasteiger partial charge in [0.25, 0.3) is 11.1 Å². The molecule has 9 heteroatoms. The van der Waals surface area contributed by atoms with E-state index in [-0.39, 0.29) is 17.7 Å². The highest BCUT2D eigenvalue weighted by Gasteiger charge is 2.35. The first-order chi connectivity index (χ1) is 17.8. The van der Waals surface area contributed by atoms with E-state index in [4.69, 9.17) is 27.9 Å². The van der Waals surface area contributed by atoms with Crippen molar-refractivity contribution in [3.05, 3.63) is 103 Å². The fourth-order valence-electron chi connectivity index (χ4n) is 4.17. The van der Waals surface area contributed by atoms with Gasteiger partial charge >= 0.3 is 0 Å². The normalized spacial score (nSPS) is 14.8. The van der Waals surface area contributed by atoms with E-state index < -0.39 is 0 Å². The molecule has 0 unspecified atom stereocenters. The first-order valence-corrected chi connectivity index (χ1v) is 13.8. The Bertz CT molecular complexity index is 1570. The van der Waals surface area contributed by atoms with Crippen LogP contribution in [0.2, 0.25) is 10.0 Å². The summed E-state index contributed by atoms with van der Waals surface area (Å²) in [5.41, 5.74) is 3.68. The van der Waals surface area contributed by atoms with Crippen molar-refractivity contribution >= 4 is 79.0 Å². The van der Waals surface area contributed by atoms with E-state index >= 15 is 0 Å². The van der Waals surface area contributed by atoms with Crippen molar-refractivity contribution in [1.29, 1.82) is 0 Å². The van der Waals surface area contributed by atoms with Crippen molar-refractivity contribution in [3.8, 4) is 5.75 Å². The number of aromatic nitrogens is 1. The maximum atomic E-state index is 13.2. The SMILES string of the molecule is Cc1ccccc1OCCn1cc(/C=C2\SC(=O)N(Cc3ccc(Cl)c(Cl)c3)C2=O)c2cc(Br)ccc21. The predicted octanol–water partition coefficient (Wildman–Crippen LogP) is 8.33. The summed E-state index contributed by atoms with van der Waals surface area (Å²) in [6.07, 6.45) is 3.78. The Kier molecular flexibility index (Phi) is 7.67. The Morgan fingerprint density at radius 2 is 1.84 bits per heavy atom. The van der Waals surface area contributed by atoms with Crippen LogP contribution in [0.15, 0.2) is 76.2 Å². The van der Waals surface area contributed by atoms with Gasteiger partial charge in [0.1, 0.15) is 12.4 Å². The van der Waals surface area contributed by atoms with Crippen molar-refractivity contribution < 1.29 is 14.3 Å². The average Bonchev–Trinajstić information content (AvgIpc) is 3.34. The first kappa shape index (κ1) is 25.9. The third-order valence-corrected chi connectivity index (χ3v) is 8.18. The summed E-state index contributed by atoms with van der Waals surface area (Å²) in [6, 6.07) is 19.0. The number of hydrogen-bond donors (Lipinski definition) is 0. The number of ether oxygens (including phenoxy) is 1. The maximum absolute atomic E-state index is 13.2. The smallest absolute Gasteiger partial charge is 0.293 e. The molecule has 0 saturated carbocycles. The number of hydrogen-bond acceptors (Lipinski definition) is 4. The molecule has 1 fully saturated rings. The van der Waals surface area contributed by atoms with Gasteiger partial charge in [0.2, 0.25) is 0 Å². The van der Waals surface area contributed by atoms with Crippen molar-refractivity contribution in [3.63, 3.8) is 0 Å². The van der Waals surface area contributed by atoms with Crippen LogP contribution < -0.4 is 4.74 Å². The molecule has 1 aliphatic heterocycles. The highest BCUT2D eigenvalue weighted by molar-refractivity contribution is 9.10. The average molecular weight is 616 g/mol. The number of carbonyl (C=O) groups excluding carboxylic acids is 2. The zero-order valence-electron chi connectivity index (χ0n) is 19.7. The monoisotopic (exact) mass is 614 g/mol. The van der Waals surface area contributed by atoms with Crippen molar-refractivity contribution in [2.24, 2.45) is 0 Å². The van der Waals surface area contributed by atoms with Crippen LogP contribution in [-0.4, -0.2) is 27.2 Å². The lowest BCUT2D eigenvalue weighted by atomic mass is 10.1. The number of amides is 2. The van der Waals surface area contributed by atoms with Crippen molar-refractivity contribution in [1.82, 2.24) is 9.47 Å². The standard InChI is InChI=1S/C28H21BrCl2N2O3S/c1-17-4-2-3-5-25(17)36-11-10-32-16-19(21-14-20(29)7-9-24(21)32)13-26-27(34)33(28(35)37-26)15-18-6-8-22(30)23(31)12-18/h2-9,12-14,16H,10-11,15H2,1H3/b26-13-. The Hall–Kier alpha value is -2.71. The molecule has 37 heavy (non-hydrogen) atoms. The largest absolute Gasteiger partial charge is 0.491 e. The lowest BCUT2D eigenvalue weighted by Crippen LogP contribution is -2.27. The van der Waals surface area contributed by atoms with Gasteiger partial charge in [-0.2, -0.15) is 0 Å². The number of benzene rings is 3. The minimum atomic E-state index is -0.333. The molecule has 0 aliphatic carbocycles. The van der Waals surface area contributed by atoms with Crippen LogP contribution in [0, 0.1) is 6.92 Å². The first-order valence-electron chi connectivity index (χ1n) is 11.5. The Morgan fingerprint density at radius 3 is 2.62 bits per heavy atom. The molecule has 1 aromatic heterocycles. The Morgan fingerprint density at radius 1 is 1.03 bits per heavy atom. The summed E-state index contributed by atoms with van der Waals surface area (Å²) in [6.45, 7) is 3.26. The van der Waals surface area contributed by atoms with E-state index in [2.05, 4.69) is 20.5 Å². The van der Waals surface area contributed by atoms with E-state index in [1.807, 2.05) is 55.6 Å². The fraction of sp³-hybridized carbons (Fsp3) is 0.143. The molecule has 1 aliphatic rings. The summed E-state index contributed by atoms with van der Waals surface area (Å²) in [7, 11) is 0. The molecule has 0 spiro atoms. The molecule has 0 atom stereocenters. The number of aryl methyl sites for hydroxylation is 1. The summed E-state index contributed by atoms with van der Waals surface area (Å²) in [5.74, 6) is 0.525. The van der Waals surface area contributed by atoms with Gasteiger partial charge in [0.05, 0.1) is 28.0 Å². The molecule has 1 saturated heterocycles. The van der Waals surface area contributed by atoms with Crippen LogP contribution in [0.1, 0.15) is 16.7 Å². The quantitative estimate of drug-likeness (QED) is 0.196. The molecule has 2 amide bonds. The van der Waals surface area contributed by atoms with Gasteiger partial charge in [-0.15, -0.1) is 0 Å². The van der Waals surface area contributed by atoms with Crippen LogP contribution in [0.4, 0.5) is 4.79 Å². The fourth-order valence-corrected chi connectivity index (χ4v) is 5.68. The number of nitrogens with zero attached hydrogens (tertiary/aromatic N) is 2. The second-order valence-electron chi connectivity index (χ2n) is 8.57. The summed E-state index contributed by atoms with van der Waals surface area (Å²) in [4.78, 5) is 27.5. The van der Waals surface area contributed by atoms with Gasteiger partial charge in [-0.3, -0.25) is 14.5 Å². The van der Waals surface area contributed by atoms with Crippen LogP contribution in [0.5, 0.6) is 5.75 Å². The Balaban J connectivity index is 1.39. The van der Waals surface area contributed by atoms with Gasteiger partial charge in [-0.1, -0.05) is 63.4 Å². The third-order valence-electron chi connectivity index (χ3n) is 6.04. The third kappa shape index (κ3) is 5.60. The van der Waals surface area contributed by atoms with Crippen LogP contribution >= 0.6 is 50.9 Å². The molecule has 4 aromatic rings. The van der Waals surface area contributed by atoms with Crippen LogP contribution in [0.25, 0.3) is 17.0 Å². The lowest BCUT2D eigenvalue weighted by Gasteiger charge is -2.12. The molecule has 188 valence electrons. The number of fused-ring (bicyclic) bond motifs is 1. The minimum absolute atomic E-state index is 0.127. The topological polar surface area (TPSA) is 51.5 Å². The molecule has 0 N–H and O–H groups in total. The summed E-state index contributed by atoms with van der Waals surface area (Å²) < 4.78 is 9.03. The predicted molar refractivity (Wildman–Crippen MR) is 154 cm³/mol. The van der Waals surface area contributed by atoms with E-state index in [0.29, 0.717) is 28.1 Å². The molecule has 0 bridgehead atoms. The van der Waals surface area contributed by atoms with Gasteiger partial charge in [0, 0.05) is 27.1 Å². The van der Waals surface area contributed by atoms with Crippen LogP contribution in [-0.2, 0) is 17.9 Å². The number of para-hydroxylation sites is 1. The van der Waals surface area contributed by atoms with E-state index in [1.165, 1.54) is 4.90 Å². The van der Waals surface area contributed by atoms with Gasteiger partial charge in [-0.05, 0) is 72.3 Å². The number of rotatable bonds is 7. The number of halogens is 3. The molecular formula is C28H21BrCl2N2O3S. The highest BCUT2D eigenvalue weighted by Crippen LogP contribution is 2.36. The van der Waals surface area contributed by atoms with E-state index in [1.54, 1.807) is 24.3 Å². The van der Waals surface area contributed by atoms with Crippen molar-refractivity contribution in [2.45, 2.75) is 20.0 Å². The van der Waals surface area contributed by atoms with E-state index in [0.717, 1.165) is 49.6 Å². The Labute approximate surface area is 237 Å². The molecule has 0 radical (unpaired) electrons. The van der Waals surface area contributed by atoms with Gasteiger partial charge in [0.15, 0.2) is 0 Å². The summed E-state index contributed by atoms with van der Waals surface area (Å²) >= 11 is 16.6.